The van der Waals surface area contributed by atoms with E-state index >= 15 is 0 Å². The number of pyridine rings is 1. The third-order valence-corrected chi connectivity index (χ3v) is 7.66. The molecule has 0 spiro atoms. The number of piperazine rings is 1. The van der Waals surface area contributed by atoms with Crippen molar-refractivity contribution >= 4 is 32.7 Å². The van der Waals surface area contributed by atoms with Gasteiger partial charge in [-0.1, -0.05) is 20.8 Å². The summed E-state index contributed by atoms with van der Waals surface area (Å²) < 4.78 is 27.2. The van der Waals surface area contributed by atoms with Crippen LogP contribution < -0.4 is 5.56 Å². The standard InChI is InChI=1S/C21H28N4O5S/c1-4-20(27)23-9-11-24(12-10-23)21(28)17-14-19(26)22-18-8-7-15(13-16(17)18)31(29,30)25(5-2)6-3/h7-8,13-14H,4-6,9-12H2,1-3H3,(H,22,26). The van der Waals surface area contributed by atoms with E-state index in [1.54, 1.807) is 30.6 Å². The topological polar surface area (TPSA) is 111 Å². The largest absolute Gasteiger partial charge is 0.339 e. The van der Waals surface area contributed by atoms with Gasteiger partial charge >= 0.3 is 0 Å². The van der Waals surface area contributed by atoms with Crippen LogP contribution >= 0.6 is 0 Å². The average Bonchev–Trinajstić information content (AvgIpc) is 2.77. The summed E-state index contributed by atoms with van der Waals surface area (Å²) in [7, 11) is -3.72. The fourth-order valence-electron chi connectivity index (χ4n) is 3.84. The highest BCUT2D eigenvalue weighted by atomic mass is 32.2. The second-order valence-electron chi connectivity index (χ2n) is 7.37. The Morgan fingerprint density at radius 1 is 1.00 bits per heavy atom. The molecule has 31 heavy (non-hydrogen) atoms. The second kappa shape index (κ2) is 9.19. The number of nitrogens with zero attached hydrogens (tertiary/aromatic N) is 3. The Morgan fingerprint density at radius 2 is 1.61 bits per heavy atom. The number of aromatic amines is 1. The molecular formula is C21H28N4O5S. The monoisotopic (exact) mass is 448 g/mol. The van der Waals surface area contributed by atoms with Gasteiger partial charge in [-0.15, -0.1) is 0 Å². The number of aromatic nitrogens is 1. The molecule has 1 N–H and O–H groups in total. The molecule has 2 amide bonds. The molecule has 0 saturated carbocycles. The Bertz CT molecular complexity index is 1150. The molecule has 1 fully saturated rings. The van der Waals surface area contributed by atoms with Gasteiger partial charge in [0.15, 0.2) is 0 Å². The van der Waals surface area contributed by atoms with Gasteiger partial charge in [-0.3, -0.25) is 14.4 Å². The predicted molar refractivity (Wildman–Crippen MR) is 117 cm³/mol. The van der Waals surface area contributed by atoms with E-state index in [1.165, 1.54) is 28.6 Å². The number of sulfonamides is 1. The van der Waals surface area contributed by atoms with Gasteiger partial charge in [0.25, 0.3) is 5.91 Å². The molecule has 9 nitrogen and oxygen atoms in total. The second-order valence-corrected chi connectivity index (χ2v) is 9.31. The number of H-pyrrole nitrogens is 1. The first-order valence-electron chi connectivity index (χ1n) is 10.5. The lowest BCUT2D eigenvalue weighted by atomic mass is 10.1. The molecule has 2 heterocycles. The van der Waals surface area contributed by atoms with Crippen molar-refractivity contribution in [2.24, 2.45) is 0 Å². The maximum atomic E-state index is 13.2. The van der Waals surface area contributed by atoms with Gasteiger partial charge in [0.1, 0.15) is 0 Å². The highest BCUT2D eigenvalue weighted by Gasteiger charge is 2.27. The zero-order chi connectivity index (χ0) is 22.8. The Balaban J connectivity index is 1.99. The summed E-state index contributed by atoms with van der Waals surface area (Å²) in [5, 5.41) is 0.380. The quantitative estimate of drug-likeness (QED) is 0.715. The maximum absolute atomic E-state index is 13.2. The first-order valence-corrected chi connectivity index (χ1v) is 11.9. The summed E-state index contributed by atoms with van der Waals surface area (Å²) in [6.45, 7) is 7.56. The molecule has 3 rings (SSSR count). The van der Waals surface area contributed by atoms with Crippen molar-refractivity contribution < 1.29 is 18.0 Å². The molecule has 1 aliphatic heterocycles. The van der Waals surface area contributed by atoms with Crippen LogP contribution in [0.4, 0.5) is 0 Å². The van der Waals surface area contributed by atoms with Gasteiger partial charge in [0.2, 0.25) is 21.5 Å². The van der Waals surface area contributed by atoms with E-state index in [1.807, 2.05) is 0 Å². The maximum Gasteiger partial charge on any atom is 0.254 e. The molecule has 0 aliphatic carbocycles. The highest BCUT2D eigenvalue weighted by molar-refractivity contribution is 7.89. The van der Waals surface area contributed by atoms with E-state index in [0.29, 0.717) is 56.6 Å². The van der Waals surface area contributed by atoms with Crippen LogP contribution in [0.25, 0.3) is 10.9 Å². The Labute approximate surface area is 181 Å². The van der Waals surface area contributed by atoms with Crippen LogP contribution in [0.2, 0.25) is 0 Å². The summed E-state index contributed by atoms with van der Waals surface area (Å²) in [6, 6.07) is 5.61. The van der Waals surface area contributed by atoms with Crippen molar-refractivity contribution in [3.8, 4) is 0 Å². The molecule has 1 aromatic heterocycles. The lowest BCUT2D eigenvalue weighted by Gasteiger charge is -2.34. The lowest BCUT2D eigenvalue weighted by molar-refractivity contribution is -0.132. The van der Waals surface area contributed by atoms with Crippen molar-refractivity contribution in [2.75, 3.05) is 39.3 Å². The molecule has 10 heteroatoms. The number of benzene rings is 1. The van der Waals surface area contributed by atoms with Gasteiger partial charge in [-0.2, -0.15) is 4.31 Å². The van der Waals surface area contributed by atoms with Crippen LogP contribution in [-0.2, 0) is 14.8 Å². The van der Waals surface area contributed by atoms with Gasteiger partial charge in [-0.25, -0.2) is 8.42 Å². The number of nitrogens with one attached hydrogen (secondary N) is 1. The molecule has 0 atom stereocenters. The van der Waals surface area contributed by atoms with Crippen LogP contribution in [0.5, 0.6) is 0 Å². The van der Waals surface area contributed by atoms with Crippen molar-refractivity contribution in [1.82, 2.24) is 19.1 Å². The molecule has 168 valence electrons. The molecular weight excluding hydrogens is 420 g/mol. The SMILES string of the molecule is CCC(=O)N1CCN(C(=O)c2cc(=O)[nH]c3ccc(S(=O)(=O)N(CC)CC)cc23)CC1. The summed E-state index contributed by atoms with van der Waals surface area (Å²) in [5.74, 6) is -0.308. The van der Waals surface area contributed by atoms with E-state index in [-0.39, 0.29) is 22.3 Å². The van der Waals surface area contributed by atoms with Crippen molar-refractivity contribution in [3.63, 3.8) is 0 Å². The fourth-order valence-corrected chi connectivity index (χ4v) is 5.32. The molecule has 0 unspecified atom stereocenters. The van der Waals surface area contributed by atoms with Crippen LogP contribution in [0.3, 0.4) is 0 Å². The van der Waals surface area contributed by atoms with Gasteiger partial charge in [0, 0.05) is 62.7 Å². The number of hydrogen-bond acceptors (Lipinski definition) is 5. The summed E-state index contributed by atoms with van der Waals surface area (Å²) in [5.41, 5.74) is 0.120. The predicted octanol–water partition coefficient (Wildman–Crippen LogP) is 1.25. The number of carbonyl (C=O) groups excluding carboxylic acids is 2. The third-order valence-electron chi connectivity index (χ3n) is 5.61. The minimum absolute atomic E-state index is 0.0416. The Kier molecular flexibility index (Phi) is 6.80. The zero-order valence-corrected chi connectivity index (χ0v) is 18.9. The summed E-state index contributed by atoms with van der Waals surface area (Å²) >= 11 is 0. The minimum atomic E-state index is -3.72. The highest BCUT2D eigenvalue weighted by Crippen LogP contribution is 2.24. The third kappa shape index (κ3) is 4.49. The van der Waals surface area contributed by atoms with Crippen LogP contribution in [0.1, 0.15) is 37.6 Å². The van der Waals surface area contributed by atoms with Crippen molar-refractivity contribution in [3.05, 3.63) is 40.2 Å². The lowest BCUT2D eigenvalue weighted by Crippen LogP contribution is -2.50. The number of amides is 2. The van der Waals surface area contributed by atoms with Crippen LogP contribution in [0, 0.1) is 0 Å². The Morgan fingerprint density at radius 3 is 2.19 bits per heavy atom. The van der Waals surface area contributed by atoms with Crippen LogP contribution in [-0.4, -0.2) is 78.6 Å². The van der Waals surface area contributed by atoms with Crippen molar-refractivity contribution in [2.45, 2.75) is 32.1 Å². The van der Waals surface area contributed by atoms with E-state index < -0.39 is 15.6 Å². The zero-order valence-electron chi connectivity index (χ0n) is 18.1. The molecule has 2 aromatic rings. The molecule has 1 saturated heterocycles. The van der Waals surface area contributed by atoms with E-state index in [4.69, 9.17) is 0 Å². The fraction of sp³-hybridized carbons (Fsp3) is 0.476. The number of carbonyl (C=O) groups is 2. The number of hydrogen-bond donors (Lipinski definition) is 1. The molecule has 1 aromatic carbocycles. The van der Waals surface area contributed by atoms with E-state index in [9.17, 15) is 22.8 Å². The van der Waals surface area contributed by atoms with E-state index in [2.05, 4.69) is 4.98 Å². The van der Waals surface area contributed by atoms with E-state index in [0.717, 1.165) is 0 Å². The first-order chi connectivity index (χ1) is 14.7. The smallest absolute Gasteiger partial charge is 0.254 e. The van der Waals surface area contributed by atoms with Crippen molar-refractivity contribution in [1.29, 1.82) is 0 Å². The van der Waals surface area contributed by atoms with Gasteiger partial charge in [-0.05, 0) is 18.2 Å². The average molecular weight is 449 g/mol. The first kappa shape index (κ1) is 23.0. The minimum Gasteiger partial charge on any atom is -0.339 e. The molecule has 0 bridgehead atoms. The van der Waals surface area contributed by atoms with Gasteiger partial charge in [0.05, 0.1) is 10.5 Å². The number of rotatable bonds is 6. The molecule has 1 aliphatic rings. The Hall–Kier alpha value is -2.72. The van der Waals surface area contributed by atoms with Gasteiger partial charge < -0.3 is 14.8 Å². The molecule has 0 radical (unpaired) electrons. The summed E-state index contributed by atoms with van der Waals surface area (Å²) in [4.78, 5) is 43.3. The number of fused-ring (bicyclic) bond motifs is 1. The normalized spacial score (nSPS) is 15.0. The van der Waals surface area contributed by atoms with Crippen LogP contribution in [0.15, 0.2) is 34.0 Å². The summed E-state index contributed by atoms with van der Waals surface area (Å²) in [6.07, 6.45) is 0.413.